The summed E-state index contributed by atoms with van der Waals surface area (Å²) < 4.78 is 0. The summed E-state index contributed by atoms with van der Waals surface area (Å²) in [4.78, 5) is 4.56. The predicted octanol–water partition coefficient (Wildman–Crippen LogP) is 6.48. The molecule has 1 aliphatic rings. The van der Waals surface area contributed by atoms with Crippen LogP contribution in [0.15, 0.2) is 94.7 Å². The van der Waals surface area contributed by atoms with E-state index in [-0.39, 0.29) is 5.75 Å². The number of aromatic hydroxyl groups is 1. The second-order valence-electron chi connectivity index (χ2n) is 6.03. The number of phenols is 1. The molecular weight excluding hydrogens is 326 g/mol. The lowest BCUT2D eigenvalue weighted by Gasteiger charge is -2.33. The highest BCUT2D eigenvalue weighted by molar-refractivity contribution is 7.99. The molecule has 0 spiro atoms. The minimum absolute atomic E-state index is 0.287. The van der Waals surface area contributed by atoms with Crippen molar-refractivity contribution in [3.8, 4) is 5.75 Å². The lowest BCUT2D eigenvalue weighted by atomic mass is 10.1. The summed E-state index contributed by atoms with van der Waals surface area (Å²) in [6.45, 7) is 0. The van der Waals surface area contributed by atoms with E-state index < -0.39 is 0 Å². The maximum absolute atomic E-state index is 10.8. The molecule has 1 heterocycles. The van der Waals surface area contributed by atoms with Crippen LogP contribution in [-0.2, 0) is 0 Å². The Balaban J connectivity index is 1.88. The monoisotopic (exact) mass is 341 g/mol. The second kappa shape index (κ2) is 5.57. The Morgan fingerprint density at radius 1 is 0.640 bits per heavy atom. The summed E-state index contributed by atoms with van der Waals surface area (Å²) >= 11 is 1.77. The van der Waals surface area contributed by atoms with E-state index in [4.69, 9.17) is 0 Å². The van der Waals surface area contributed by atoms with Gasteiger partial charge in [0, 0.05) is 15.2 Å². The van der Waals surface area contributed by atoms with Crippen LogP contribution < -0.4 is 4.90 Å². The fraction of sp³-hybridized carbons (Fsp3) is 0. The second-order valence-corrected chi connectivity index (χ2v) is 7.11. The number of fused-ring (bicyclic) bond motifs is 3. The Kier molecular flexibility index (Phi) is 3.22. The van der Waals surface area contributed by atoms with Crippen molar-refractivity contribution in [3.63, 3.8) is 0 Å². The van der Waals surface area contributed by atoms with Crippen molar-refractivity contribution < 1.29 is 5.11 Å². The van der Waals surface area contributed by atoms with E-state index in [1.807, 2.05) is 30.3 Å². The van der Waals surface area contributed by atoms with Crippen LogP contribution in [0.4, 0.5) is 17.1 Å². The molecule has 5 rings (SSSR count). The molecule has 0 fully saturated rings. The number of benzene rings is 4. The van der Waals surface area contributed by atoms with Crippen LogP contribution in [0, 0.1) is 0 Å². The Labute approximate surface area is 150 Å². The average molecular weight is 341 g/mol. The van der Waals surface area contributed by atoms with Gasteiger partial charge < -0.3 is 10.0 Å². The van der Waals surface area contributed by atoms with Crippen LogP contribution in [0.25, 0.3) is 10.8 Å². The molecule has 0 radical (unpaired) electrons. The van der Waals surface area contributed by atoms with Gasteiger partial charge in [0.15, 0.2) is 0 Å². The van der Waals surface area contributed by atoms with E-state index in [2.05, 4.69) is 53.4 Å². The van der Waals surface area contributed by atoms with Gasteiger partial charge in [0.2, 0.25) is 0 Å². The van der Waals surface area contributed by atoms with Gasteiger partial charge in [0.1, 0.15) is 5.75 Å². The van der Waals surface area contributed by atoms with Gasteiger partial charge >= 0.3 is 0 Å². The van der Waals surface area contributed by atoms with Crippen LogP contribution in [0.1, 0.15) is 0 Å². The van der Waals surface area contributed by atoms with Crippen LogP contribution in [-0.4, -0.2) is 5.11 Å². The van der Waals surface area contributed by atoms with Crippen molar-refractivity contribution in [1.29, 1.82) is 0 Å². The fourth-order valence-electron chi connectivity index (χ4n) is 3.42. The van der Waals surface area contributed by atoms with Crippen molar-refractivity contribution in [3.05, 3.63) is 84.9 Å². The highest BCUT2D eigenvalue weighted by Crippen LogP contribution is 2.54. The average Bonchev–Trinajstić information content (AvgIpc) is 2.67. The van der Waals surface area contributed by atoms with Crippen LogP contribution in [0.5, 0.6) is 5.75 Å². The number of phenolic OH excluding ortho intramolecular Hbond substituents is 1. The first-order valence-corrected chi connectivity index (χ1v) is 9.01. The summed E-state index contributed by atoms with van der Waals surface area (Å²) in [6.07, 6.45) is 0. The summed E-state index contributed by atoms with van der Waals surface area (Å²) in [5.41, 5.74) is 3.02. The summed E-state index contributed by atoms with van der Waals surface area (Å²) in [5, 5.41) is 12.9. The molecule has 1 aliphatic heterocycles. The molecule has 0 unspecified atom stereocenters. The van der Waals surface area contributed by atoms with Crippen LogP contribution >= 0.6 is 11.8 Å². The lowest BCUT2D eigenvalue weighted by Crippen LogP contribution is -2.15. The lowest BCUT2D eigenvalue weighted by molar-refractivity contribution is 0.477. The molecule has 0 aromatic heterocycles. The maximum atomic E-state index is 10.8. The Morgan fingerprint density at radius 2 is 1.24 bits per heavy atom. The van der Waals surface area contributed by atoms with Gasteiger partial charge in [-0.2, -0.15) is 0 Å². The van der Waals surface area contributed by atoms with Gasteiger partial charge in [-0.3, -0.25) is 0 Å². The van der Waals surface area contributed by atoms with Crippen molar-refractivity contribution >= 4 is 39.6 Å². The molecular formula is C22H15NOS. The molecule has 1 N–H and O–H groups in total. The molecule has 0 aliphatic carbocycles. The van der Waals surface area contributed by atoms with Gasteiger partial charge in [-0.05, 0) is 35.7 Å². The summed E-state index contributed by atoms with van der Waals surface area (Å²) in [6, 6.07) is 28.6. The number of hydrogen-bond acceptors (Lipinski definition) is 3. The SMILES string of the molecule is Oc1ccc2ccccc2c1N1c2ccccc2Sc2ccccc21. The number of nitrogens with zero attached hydrogens (tertiary/aromatic N) is 1. The number of hydrogen-bond donors (Lipinski definition) is 1. The van der Waals surface area contributed by atoms with Gasteiger partial charge in [-0.1, -0.05) is 66.4 Å². The van der Waals surface area contributed by atoms with E-state index in [1.165, 1.54) is 9.79 Å². The number of anilines is 3. The Hall–Kier alpha value is -2.91. The van der Waals surface area contributed by atoms with Crippen molar-refractivity contribution in [1.82, 2.24) is 0 Å². The molecule has 0 saturated carbocycles. The molecule has 4 aromatic carbocycles. The fourth-order valence-corrected chi connectivity index (χ4v) is 4.48. The van der Waals surface area contributed by atoms with E-state index in [9.17, 15) is 5.11 Å². The summed E-state index contributed by atoms with van der Waals surface area (Å²) in [7, 11) is 0. The largest absolute Gasteiger partial charge is 0.506 e. The third kappa shape index (κ3) is 2.20. The van der Waals surface area contributed by atoms with E-state index in [0.717, 1.165) is 27.8 Å². The molecule has 0 amide bonds. The predicted molar refractivity (Wildman–Crippen MR) is 104 cm³/mol. The standard InChI is InChI=1S/C22H15NOS/c24-19-14-13-15-7-1-2-8-16(15)22(19)23-17-9-3-5-11-20(17)25-21-12-6-4-10-18(21)23/h1-14,24H. The Morgan fingerprint density at radius 3 is 1.96 bits per heavy atom. The van der Waals surface area contributed by atoms with Crippen molar-refractivity contribution in [2.45, 2.75) is 9.79 Å². The number of rotatable bonds is 1. The minimum atomic E-state index is 0.287. The van der Waals surface area contributed by atoms with E-state index >= 15 is 0 Å². The third-order valence-corrected chi connectivity index (χ3v) is 5.67. The number of para-hydroxylation sites is 2. The molecule has 25 heavy (non-hydrogen) atoms. The molecule has 3 heteroatoms. The van der Waals surface area contributed by atoms with Crippen LogP contribution in [0.3, 0.4) is 0 Å². The van der Waals surface area contributed by atoms with Gasteiger partial charge in [0.05, 0.1) is 17.1 Å². The van der Waals surface area contributed by atoms with Crippen molar-refractivity contribution in [2.75, 3.05) is 4.90 Å². The summed E-state index contributed by atoms with van der Waals surface area (Å²) in [5.74, 6) is 0.287. The van der Waals surface area contributed by atoms with Crippen molar-refractivity contribution in [2.24, 2.45) is 0 Å². The maximum Gasteiger partial charge on any atom is 0.140 e. The van der Waals surface area contributed by atoms with E-state index in [1.54, 1.807) is 17.8 Å². The van der Waals surface area contributed by atoms with Gasteiger partial charge in [0.25, 0.3) is 0 Å². The molecule has 2 nitrogen and oxygen atoms in total. The zero-order valence-corrected chi connectivity index (χ0v) is 14.2. The zero-order chi connectivity index (χ0) is 16.8. The van der Waals surface area contributed by atoms with Gasteiger partial charge in [-0.15, -0.1) is 0 Å². The topological polar surface area (TPSA) is 23.5 Å². The zero-order valence-electron chi connectivity index (χ0n) is 13.4. The Bertz CT molecular complexity index is 1060. The molecule has 4 aromatic rings. The normalized spacial score (nSPS) is 12.7. The minimum Gasteiger partial charge on any atom is -0.506 e. The molecule has 120 valence electrons. The third-order valence-electron chi connectivity index (χ3n) is 4.54. The first-order chi connectivity index (χ1) is 12.3. The first-order valence-electron chi connectivity index (χ1n) is 8.20. The highest BCUT2D eigenvalue weighted by atomic mass is 32.2. The quantitative estimate of drug-likeness (QED) is 0.377. The molecule has 0 saturated heterocycles. The first kappa shape index (κ1) is 14.4. The van der Waals surface area contributed by atoms with E-state index in [0.29, 0.717) is 0 Å². The van der Waals surface area contributed by atoms with Crippen LogP contribution in [0.2, 0.25) is 0 Å². The van der Waals surface area contributed by atoms with Gasteiger partial charge in [-0.25, -0.2) is 0 Å². The molecule has 0 bridgehead atoms. The highest BCUT2D eigenvalue weighted by Gasteiger charge is 2.27. The smallest absolute Gasteiger partial charge is 0.140 e. The molecule has 0 atom stereocenters.